The number of aryl methyl sites for hydroxylation is 1. The summed E-state index contributed by atoms with van der Waals surface area (Å²) in [6.07, 6.45) is 0.733. The normalized spacial score (nSPS) is 13.2. The fraction of sp³-hybridized carbons (Fsp3) is 0.261. The molecule has 0 unspecified atom stereocenters. The lowest BCUT2D eigenvalue weighted by Gasteiger charge is -2.14. The lowest BCUT2D eigenvalue weighted by atomic mass is 10.0. The molecule has 0 saturated heterocycles. The van der Waals surface area contributed by atoms with E-state index in [9.17, 15) is 4.79 Å². The Kier molecular flexibility index (Phi) is 5.17. The second kappa shape index (κ2) is 8.13. The number of amides is 1. The Balaban J connectivity index is 1.61. The highest BCUT2D eigenvalue weighted by Gasteiger charge is 2.28. The van der Waals surface area contributed by atoms with Crippen molar-refractivity contribution in [2.45, 2.75) is 26.9 Å². The Hall–Kier alpha value is -3.23. The molecule has 1 aliphatic rings. The van der Waals surface area contributed by atoms with E-state index in [2.05, 4.69) is 15.5 Å². The van der Waals surface area contributed by atoms with E-state index in [1.54, 1.807) is 6.92 Å². The van der Waals surface area contributed by atoms with Crippen LogP contribution in [0.4, 0.5) is 5.00 Å². The Morgan fingerprint density at radius 1 is 1.26 bits per heavy atom. The molecule has 4 aromatic rings. The van der Waals surface area contributed by atoms with Gasteiger partial charge in [0.1, 0.15) is 10.8 Å². The number of carbonyl (C=O) groups is 1. The van der Waals surface area contributed by atoms with E-state index in [1.807, 2.05) is 43.3 Å². The molecule has 0 saturated carbocycles. The van der Waals surface area contributed by atoms with Gasteiger partial charge in [0.25, 0.3) is 11.8 Å². The van der Waals surface area contributed by atoms with Crippen molar-refractivity contribution in [2.24, 2.45) is 0 Å². The molecule has 2 aromatic heterocycles. The van der Waals surface area contributed by atoms with Crippen LogP contribution >= 0.6 is 11.3 Å². The smallest absolute Gasteiger partial charge is 0.261 e. The monoisotopic (exact) mass is 435 g/mol. The summed E-state index contributed by atoms with van der Waals surface area (Å²) in [7, 11) is 0. The van der Waals surface area contributed by atoms with Crippen molar-refractivity contribution in [3.05, 3.63) is 58.2 Å². The number of thiophene rings is 1. The van der Waals surface area contributed by atoms with E-state index in [0.717, 1.165) is 33.2 Å². The van der Waals surface area contributed by atoms with Crippen LogP contribution in [0.2, 0.25) is 0 Å². The van der Waals surface area contributed by atoms with E-state index in [1.165, 1.54) is 11.3 Å². The standard InChI is InChI=1S/C23H21N3O4S/c1-3-29-17-9-8-14-6-4-5-7-15(14)19(17)21(27)25-23-20(22-24-13(2)26-30-22)16-10-11-28-12-18(16)31-23/h4-9H,3,10-12H2,1-2H3,(H,25,27). The zero-order valence-corrected chi connectivity index (χ0v) is 18.0. The molecule has 7 nitrogen and oxygen atoms in total. The predicted molar refractivity (Wildman–Crippen MR) is 119 cm³/mol. The van der Waals surface area contributed by atoms with Crippen molar-refractivity contribution in [1.82, 2.24) is 10.1 Å². The minimum atomic E-state index is -0.239. The van der Waals surface area contributed by atoms with Crippen LogP contribution in [0.3, 0.4) is 0 Å². The van der Waals surface area contributed by atoms with Crippen molar-refractivity contribution in [3.63, 3.8) is 0 Å². The average Bonchev–Trinajstić information content (AvgIpc) is 3.36. The number of aromatic nitrogens is 2. The number of benzene rings is 2. The third-order valence-corrected chi connectivity index (χ3v) is 6.33. The molecule has 3 heterocycles. The van der Waals surface area contributed by atoms with Gasteiger partial charge >= 0.3 is 0 Å². The number of fused-ring (bicyclic) bond motifs is 2. The summed E-state index contributed by atoms with van der Waals surface area (Å²) < 4.78 is 16.9. The van der Waals surface area contributed by atoms with Gasteiger partial charge in [-0.2, -0.15) is 4.98 Å². The van der Waals surface area contributed by atoms with Gasteiger partial charge in [-0.1, -0.05) is 35.5 Å². The van der Waals surface area contributed by atoms with E-state index >= 15 is 0 Å². The summed E-state index contributed by atoms with van der Waals surface area (Å²) in [5.74, 6) is 1.28. The maximum absolute atomic E-state index is 13.5. The minimum absolute atomic E-state index is 0.239. The molecule has 31 heavy (non-hydrogen) atoms. The fourth-order valence-corrected chi connectivity index (χ4v) is 5.04. The van der Waals surface area contributed by atoms with Crippen molar-refractivity contribution in [1.29, 1.82) is 0 Å². The number of rotatable bonds is 5. The lowest BCUT2D eigenvalue weighted by Crippen LogP contribution is -2.14. The van der Waals surface area contributed by atoms with E-state index in [4.69, 9.17) is 14.0 Å². The molecule has 5 rings (SSSR count). The SMILES string of the molecule is CCOc1ccc2ccccc2c1C(=O)Nc1sc2c(c1-c1nc(C)no1)CCOC2. The van der Waals surface area contributed by atoms with Gasteiger partial charge in [-0.05, 0) is 42.7 Å². The van der Waals surface area contributed by atoms with Gasteiger partial charge < -0.3 is 19.3 Å². The second-order valence-corrected chi connectivity index (χ2v) is 8.31. The largest absolute Gasteiger partial charge is 0.493 e. The van der Waals surface area contributed by atoms with Crippen LogP contribution in [-0.4, -0.2) is 29.3 Å². The Morgan fingerprint density at radius 2 is 2.13 bits per heavy atom. The highest BCUT2D eigenvalue weighted by molar-refractivity contribution is 7.17. The van der Waals surface area contributed by atoms with Crippen LogP contribution in [0.15, 0.2) is 40.9 Å². The van der Waals surface area contributed by atoms with E-state index in [-0.39, 0.29) is 5.91 Å². The maximum atomic E-state index is 13.5. The highest BCUT2D eigenvalue weighted by Crippen LogP contribution is 2.43. The molecular formula is C23H21N3O4S. The predicted octanol–water partition coefficient (Wildman–Crippen LogP) is 4.98. The zero-order valence-electron chi connectivity index (χ0n) is 17.2. The molecule has 0 atom stereocenters. The van der Waals surface area contributed by atoms with Crippen LogP contribution in [-0.2, 0) is 17.8 Å². The Labute approximate surface area is 183 Å². The topological polar surface area (TPSA) is 86.5 Å². The molecule has 0 radical (unpaired) electrons. The fourth-order valence-electron chi connectivity index (χ4n) is 3.87. The maximum Gasteiger partial charge on any atom is 0.261 e. The number of ether oxygens (including phenoxy) is 2. The molecule has 0 spiro atoms. The number of hydrogen-bond donors (Lipinski definition) is 1. The third kappa shape index (κ3) is 3.58. The van der Waals surface area contributed by atoms with E-state index < -0.39 is 0 Å². The number of carbonyl (C=O) groups excluding carboxylic acids is 1. The molecule has 8 heteroatoms. The van der Waals surface area contributed by atoms with Crippen molar-refractivity contribution < 1.29 is 18.8 Å². The van der Waals surface area contributed by atoms with Gasteiger partial charge in [-0.15, -0.1) is 11.3 Å². The summed E-state index contributed by atoms with van der Waals surface area (Å²) in [6.45, 7) is 5.27. The molecule has 1 amide bonds. The molecular weight excluding hydrogens is 414 g/mol. The Bertz CT molecular complexity index is 1280. The molecule has 2 aromatic carbocycles. The first-order valence-corrected chi connectivity index (χ1v) is 11.0. The number of anilines is 1. The van der Waals surface area contributed by atoms with E-state index in [0.29, 0.717) is 47.8 Å². The van der Waals surface area contributed by atoms with Crippen LogP contribution in [0.1, 0.15) is 33.5 Å². The summed E-state index contributed by atoms with van der Waals surface area (Å²) in [6, 6.07) is 11.6. The second-order valence-electron chi connectivity index (χ2n) is 7.20. The van der Waals surface area contributed by atoms with Gasteiger partial charge in [0.2, 0.25) is 0 Å². The van der Waals surface area contributed by atoms with Crippen LogP contribution < -0.4 is 10.1 Å². The van der Waals surface area contributed by atoms with Gasteiger partial charge in [-0.25, -0.2) is 0 Å². The first-order valence-electron chi connectivity index (χ1n) is 10.1. The first-order chi connectivity index (χ1) is 15.2. The number of nitrogens with zero attached hydrogens (tertiary/aromatic N) is 2. The van der Waals surface area contributed by atoms with Crippen molar-refractivity contribution in [2.75, 3.05) is 18.5 Å². The lowest BCUT2D eigenvalue weighted by molar-refractivity contribution is 0.102. The Morgan fingerprint density at radius 3 is 2.94 bits per heavy atom. The average molecular weight is 436 g/mol. The van der Waals surface area contributed by atoms with Crippen LogP contribution in [0, 0.1) is 6.92 Å². The quantitative estimate of drug-likeness (QED) is 0.476. The van der Waals surface area contributed by atoms with Crippen molar-refractivity contribution >= 4 is 33.0 Å². The zero-order chi connectivity index (χ0) is 21.4. The van der Waals surface area contributed by atoms with Crippen molar-refractivity contribution in [3.8, 4) is 17.2 Å². The van der Waals surface area contributed by atoms with Gasteiger partial charge in [0.05, 0.1) is 30.9 Å². The summed E-state index contributed by atoms with van der Waals surface area (Å²) in [5.41, 5.74) is 2.39. The summed E-state index contributed by atoms with van der Waals surface area (Å²) >= 11 is 1.49. The molecule has 0 bridgehead atoms. The van der Waals surface area contributed by atoms with Crippen LogP contribution in [0.5, 0.6) is 5.75 Å². The highest BCUT2D eigenvalue weighted by atomic mass is 32.1. The van der Waals surface area contributed by atoms with Crippen LogP contribution in [0.25, 0.3) is 22.2 Å². The summed E-state index contributed by atoms with van der Waals surface area (Å²) in [4.78, 5) is 19.0. The molecule has 158 valence electrons. The molecule has 0 aliphatic carbocycles. The molecule has 0 fully saturated rings. The molecule has 1 N–H and O–H groups in total. The first kappa shape index (κ1) is 19.7. The number of hydrogen-bond acceptors (Lipinski definition) is 7. The number of nitrogens with one attached hydrogen (secondary N) is 1. The van der Waals surface area contributed by atoms with Gasteiger partial charge in [0.15, 0.2) is 5.82 Å². The summed E-state index contributed by atoms with van der Waals surface area (Å²) in [5, 5.41) is 9.53. The molecule has 1 aliphatic heterocycles. The van der Waals surface area contributed by atoms with Gasteiger partial charge in [0, 0.05) is 4.88 Å². The minimum Gasteiger partial charge on any atom is -0.493 e. The van der Waals surface area contributed by atoms with Gasteiger partial charge in [-0.3, -0.25) is 4.79 Å². The third-order valence-electron chi connectivity index (χ3n) is 5.21.